The highest BCUT2D eigenvalue weighted by Crippen LogP contribution is 2.25. The number of aryl methyl sites for hydroxylation is 1. The van der Waals surface area contributed by atoms with E-state index >= 15 is 0 Å². The quantitative estimate of drug-likeness (QED) is 0.793. The van der Waals surface area contributed by atoms with Gasteiger partial charge in [0.05, 0.1) is 7.11 Å². The van der Waals surface area contributed by atoms with Gasteiger partial charge >= 0.3 is 0 Å². The smallest absolute Gasteiger partial charge is 0.226 e. The van der Waals surface area contributed by atoms with Crippen LogP contribution in [0.1, 0.15) is 18.5 Å². The zero-order valence-corrected chi connectivity index (χ0v) is 9.73. The van der Waals surface area contributed by atoms with Crippen molar-refractivity contribution in [2.75, 3.05) is 19.0 Å². The van der Waals surface area contributed by atoms with Gasteiger partial charge in [0.2, 0.25) is 11.8 Å². The lowest BCUT2D eigenvalue weighted by Crippen LogP contribution is -2.39. The Hall–Kier alpha value is -1.36. The lowest BCUT2D eigenvalue weighted by molar-refractivity contribution is 0.279. The number of rotatable bonds is 4. The summed E-state index contributed by atoms with van der Waals surface area (Å²) in [5.41, 5.74) is 6.63. The molecule has 1 fully saturated rings. The zero-order chi connectivity index (χ0) is 11.5. The Balaban J connectivity index is 1.90. The molecule has 5 heteroatoms. The topological polar surface area (TPSA) is 73.1 Å². The highest BCUT2D eigenvalue weighted by Gasteiger charge is 2.25. The summed E-state index contributed by atoms with van der Waals surface area (Å²) in [5, 5.41) is 3.22. The molecule has 1 heterocycles. The van der Waals surface area contributed by atoms with E-state index in [1.54, 1.807) is 7.11 Å². The first kappa shape index (κ1) is 11.1. The Bertz CT molecular complexity index is 363. The summed E-state index contributed by atoms with van der Waals surface area (Å²) in [5.74, 6) is 1.89. The molecule has 1 aliphatic carbocycles. The second-order valence-electron chi connectivity index (χ2n) is 4.35. The molecule has 0 bridgehead atoms. The summed E-state index contributed by atoms with van der Waals surface area (Å²) in [4.78, 5) is 8.52. The van der Waals surface area contributed by atoms with Crippen LogP contribution in [0.3, 0.4) is 0 Å². The van der Waals surface area contributed by atoms with E-state index in [2.05, 4.69) is 15.3 Å². The van der Waals surface area contributed by atoms with Crippen LogP contribution in [-0.2, 0) is 0 Å². The molecule has 16 heavy (non-hydrogen) atoms. The van der Waals surface area contributed by atoms with Gasteiger partial charge in [-0.2, -0.15) is 4.98 Å². The van der Waals surface area contributed by atoms with Crippen LogP contribution in [0, 0.1) is 12.8 Å². The molecule has 0 aliphatic heterocycles. The molecule has 1 aliphatic rings. The molecule has 0 spiro atoms. The number of nitrogens with one attached hydrogen (secondary N) is 1. The van der Waals surface area contributed by atoms with Crippen molar-refractivity contribution in [1.82, 2.24) is 9.97 Å². The van der Waals surface area contributed by atoms with Crippen LogP contribution in [0.2, 0.25) is 0 Å². The third kappa shape index (κ3) is 2.61. The largest absolute Gasteiger partial charge is 0.481 e. The van der Waals surface area contributed by atoms with E-state index in [1.165, 1.54) is 0 Å². The van der Waals surface area contributed by atoms with Gasteiger partial charge in [-0.1, -0.05) is 0 Å². The minimum Gasteiger partial charge on any atom is -0.481 e. The Morgan fingerprint density at radius 2 is 2.25 bits per heavy atom. The van der Waals surface area contributed by atoms with Crippen molar-refractivity contribution in [2.24, 2.45) is 11.7 Å². The summed E-state index contributed by atoms with van der Waals surface area (Å²) in [6.07, 6.45) is 2.19. The van der Waals surface area contributed by atoms with Gasteiger partial charge in [-0.3, -0.25) is 0 Å². The van der Waals surface area contributed by atoms with E-state index in [0.717, 1.165) is 25.1 Å². The summed E-state index contributed by atoms with van der Waals surface area (Å²) < 4.78 is 5.09. The van der Waals surface area contributed by atoms with Gasteiger partial charge in [0.1, 0.15) is 0 Å². The van der Waals surface area contributed by atoms with Crippen molar-refractivity contribution in [3.8, 4) is 5.88 Å². The predicted octanol–water partition coefficient (Wildman–Crippen LogP) is 0.943. The van der Waals surface area contributed by atoms with E-state index in [4.69, 9.17) is 10.5 Å². The van der Waals surface area contributed by atoms with Gasteiger partial charge in [-0.05, 0) is 25.7 Å². The molecule has 3 N–H and O–H groups in total. The van der Waals surface area contributed by atoms with E-state index < -0.39 is 0 Å². The highest BCUT2D eigenvalue weighted by molar-refractivity contribution is 5.30. The van der Waals surface area contributed by atoms with Crippen LogP contribution in [0.15, 0.2) is 6.07 Å². The maximum Gasteiger partial charge on any atom is 0.226 e. The molecular formula is C11H18N4O. The number of aromatic nitrogens is 2. The number of nitrogens with zero attached hydrogens (tertiary/aromatic N) is 2. The maximum absolute atomic E-state index is 5.73. The number of methoxy groups -OCH3 is 1. The SMILES string of the molecule is COc1cc(C)nc(NCC2CC(N)C2)n1. The van der Waals surface area contributed by atoms with Crippen molar-refractivity contribution in [1.29, 1.82) is 0 Å². The van der Waals surface area contributed by atoms with Crippen LogP contribution in [0.4, 0.5) is 5.95 Å². The van der Waals surface area contributed by atoms with Crippen LogP contribution in [0.25, 0.3) is 0 Å². The maximum atomic E-state index is 5.73. The molecule has 2 rings (SSSR count). The average molecular weight is 222 g/mol. The molecule has 0 unspecified atom stereocenters. The van der Waals surface area contributed by atoms with E-state index in [1.807, 2.05) is 13.0 Å². The third-order valence-electron chi connectivity index (χ3n) is 2.86. The fraction of sp³-hybridized carbons (Fsp3) is 0.636. The first-order valence-corrected chi connectivity index (χ1v) is 5.56. The third-order valence-corrected chi connectivity index (χ3v) is 2.86. The molecule has 0 atom stereocenters. The highest BCUT2D eigenvalue weighted by atomic mass is 16.5. The molecule has 0 amide bonds. The van der Waals surface area contributed by atoms with Crippen LogP contribution in [0.5, 0.6) is 5.88 Å². The van der Waals surface area contributed by atoms with Crippen molar-refractivity contribution in [2.45, 2.75) is 25.8 Å². The van der Waals surface area contributed by atoms with Gasteiger partial charge in [0, 0.05) is 24.3 Å². The molecule has 1 aromatic heterocycles. The number of hydrogen-bond acceptors (Lipinski definition) is 5. The van der Waals surface area contributed by atoms with Gasteiger partial charge in [-0.25, -0.2) is 4.98 Å². The summed E-state index contributed by atoms with van der Waals surface area (Å²) in [6, 6.07) is 2.20. The second kappa shape index (κ2) is 4.65. The second-order valence-corrected chi connectivity index (χ2v) is 4.35. The molecular weight excluding hydrogens is 204 g/mol. The number of nitrogens with two attached hydrogens (primary N) is 1. The minimum atomic E-state index is 0.389. The van der Waals surface area contributed by atoms with E-state index in [9.17, 15) is 0 Å². The first-order valence-electron chi connectivity index (χ1n) is 5.56. The van der Waals surface area contributed by atoms with Crippen molar-refractivity contribution < 1.29 is 4.74 Å². The van der Waals surface area contributed by atoms with Crippen LogP contribution in [-0.4, -0.2) is 29.7 Å². The van der Waals surface area contributed by atoms with Gasteiger partial charge in [0.15, 0.2) is 0 Å². The fourth-order valence-corrected chi connectivity index (χ4v) is 1.91. The molecule has 0 radical (unpaired) electrons. The minimum absolute atomic E-state index is 0.389. The van der Waals surface area contributed by atoms with E-state index in [0.29, 0.717) is 23.8 Å². The Kier molecular flexibility index (Phi) is 3.24. The molecule has 1 saturated carbocycles. The van der Waals surface area contributed by atoms with Crippen molar-refractivity contribution >= 4 is 5.95 Å². The van der Waals surface area contributed by atoms with E-state index in [-0.39, 0.29) is 0 Å². The fourth-order valence-electron chi connectivity index (χ4n) is 1.91. The summed E-state index contributed by atoms with van der Waals surface area (Å²) in [6.45, 7) is 2.81. The predicted molar refractivity (Wildman–Crippen MR) is 62.5 cm³/mol. The van der Waals surface area contributed by atoms with Crippen molar-refractivity contribution in [3.63, 3.8) is 0 Å². The number of ether oxygens (including phenoxy) is 1. The van der Waals surface area contributed by atoms with Crippen molar-refractivity contribution in [3.05, 3.63) is 11.8 Å². The lowest BCUT2D eigenvalue weighted by atomic mass is 9.81. The summed E-state index contributed by atoms with van der Waals surface area (Å²) >= 11 is 0. The molecule has 1 aromatic rings. The Labute approximate surface area is 95.4 Å². The Morgan fingerprint density at radius 3 is 2.88 bits per heavy atom. The number of hydrogen-bond donors (Lipinski definition) is 2. The lowest BCUT2D eigenvalue weighted by Gasteiger charge is -2.32. The molecule has 88 valence electrons. The Morgan fingerprint density at radius 1 is 1.50 bits per heavy atom. The number of anilines is 1. The van der Waals surface area contributed by atoms with Gasteiger partial charge < -0.3 is 15.8 Å². The first-order chi connectivity index (χ1) is 7.67. The average Bonchev–Trinajstić information content (AvgIpc) is 2.22. The monoisotopic (exact) mass is 222 g/mol. The van der Waals surface area contributed by atoms with Gasteiger partial charge in [-0.15, -0.1) is 0 Å². The summed E-state index contributed by atoms with van der Waals surface area (Å²) in [7, 11) is 1.61. The zero-order valence-electron chi connectivity index (χ0n) is 9.73. The standard InChI is InChI=1S/C11H18N4O/c1-7-3-10(16-2)15-11(14-7)13-6-8-4-9(12)5-8/h3,8-9H,4-6,12H2,1-2H3,(H,13,14,15). The van der Waals surface area contributed by atoms with Crippen LogP contribution < -0.4 is 15.8 Å². The normalized spacial score (nSPS) is 23.7. The molecule has 5 nitrogen and oxygen atoms in total. The molecule has 0 saturated heterocycles. The van der Waals surface area contributed by atoms with Crippen LogP contribution >= 0.6 is 0 Å². The molecule has 0 aromatic carbocycles. The van der Waals surface area contributed by atoms with Gasteiger partial charge in [0.25, 0.3) is 0 Å².